The van der Waals surface area contributed by atoms with Crippen LogP contribution in [-0.2, 0) is 0 Å². The van der Waals surface area contributed by atoms with Crippen LogP contribution in [-0.4, -0.2) is 23.0 Å². The molecule has 2 heterocycles. The van der Waals surface area contributed by atoms with Gasteiger partial charge in [-0.15, -0.1) is 0 Å². The van der Waals surface area contributed by atoms with Gasteiger partial charge in [-0.3, -0.25) is 0 Å². The highest BCUT2D eigenvalue weighted by Crippen LogP contribution is 2.37. The van der Waals surface area contributed by atoms with E-state index in [1.54, 1.807) is 0 Å². The second kappa shape index (κ2) is 13.8. The summed E-state index contributed by atoms with van der Waals surface area (Å²) in [6.45, 7) is 0. The largest absolute Gasteiger partial charge is 0.208 e. The van der Waals surface area contributed by atoms with Crippen LogP contribution < -0.4 is 20.7 Å². The van der Waals surface area contributed by atoms with Gasteiger partial charge in [0.05, 0.1) is 0 Å². The van der Waals surface area contributed by atoms with E-state index in [9.17, 15) is 0 Å². The average molecular weight is 718 g/mol. The van der Waals surface area contributed by atoms with E-state index in [0.717, 1.165) is 38.9 Å². The summed E-state index contributed by atoms with van der Waals surface area (Å²) in [7, 11) is -2.71. The fourth-order valence-electron chi connectivity index (χ4n) is 8.33. The van der Waals surface area contributed by atoms with E-state index in [-0.39, 0.29) is 0 Å². The van der Waals surface area contributed by atoms with Gasteiger partial charge >= 0.3 is 0 Å². The third kappa shape index (κ3) is 5.63. The molecule has 0 fully saturated rings. The predicted octanol–water partition coefficient (Wildman–Crippen LogP) is 9.56. The summed E-state index contributed by atoms with van der Waals surface area (Å²) in [6, 6.07) is 75.9. The van der Waals surface area contributed by atoms with E-state index in [4.69, 9.17) is 15.0 Å². The normalized spacial score (nSPS) is 12.5. The van der Waals surface area contributed by atoms with Crippen molar-refractivity contribution in [1.29, 1.82) is 0 Å². The molecule has 258 valence electrons. The maximum absolute atomic E-state index is 5.35. The Hall–Kier alpha value is -7.01. The van der Waals surface area contributed by atoms with Crippen molar-refractivity contribution in [3.63, 3.8) is 0 Å². The molecule has 0 radical (unpaired) electrons. The Kier molecular flexibility index (Phi) is 8.16. The minimum absolute atomic E-state index is 0.640. The van der Waals surface area contributed by atoms with Crippen molar-refractivity contribution in [2.75, 3.05) is 0 Å². The van der Waals surface area contributed by atoms with Crippen molar-refractivity contribution in [3.8, 4) is 67.5 Å². The number of rotatable bonds is 7. The highest BCUT2D eigenvalue weighted by atomic mass is 28.3. The van der Waals surface area contributed by atoms with Crippen LogP contribution in [0.25, 0.3) is 67.5 Å². The standard InChI is InChI=1S/C51H35N3Si/c1-6-18-36(19-7-1)39-30-33-45(46(34-39)37-20-8-2-9-21-37)51-53-49(38-22-10-3-11-23-38)52-50(54-51)40-31-32-44-43-28-16-17-29-47(43)55(48(44)35-40,41-24-12-4-13-25-41)42-26-14-5-15-27-42/h1-35H. The molecule has 0 saturated heterocycles. The quantitative estimate of drug-likeness (QED) is 0.154. The van der Waals surface area contributed by atoms with Crippen LogP contribution in [0.4, 0.5) is 0 Å². The van der Waals surface area contributed by atoms with Crippen LogP contribution in [0.15, 0.2) is 212 Å². The summed E-state index contributed by atoms with van der Waals surface area (Å²) in [5.41, 5.74) is 9.93. The highest BCUT2D eigenvalue weighted by molar-refractivity contribution is 7.22. The number of nitrogens with zero attached hydrogens (tertiary/aromatic N) is 3. The fraction of sp³-hybridized carbons (Fsp3) is 0. The molecule has 0 aliphatic carbocycles. The van der Waals surface area contributed by atoms with Gasteiger partial charge in [0.15, 0.2) is 25.5 Å². The topological polar surface area (TPSA) is 38.7 Å². The van der Waals surface area contributed by atoms with E-state index in [1.807, 2.05) is 18.2 Å². The fourth-order valence-corrected chi connectivity index (χ4v) is 13.5. The number of hydrogen-bond acceptors (Lipinski definition) is 3. The lowest BCUT2D eigenvalue weighted by molar-refractivity contribution is 1.07. The van der Waals surface area contributed by atoms with Gasteiger partial charge in [-0.05, 0) is 66.3 Å². The molecule has 1 aliphatic rings. The first-order chi connectivity index (χ1) is 27.3. The second-order valence-corrected chi connectivity index (χ2v) is 17.7. The maximum atomic E-state index is 5.35. The predicted molar refractivity (Wildman–Crippen MR) is 230 cm³/mol. The molecule has 0 N–H and O–H groups in total. The van der Waals surface area contributed by atoms with E-state index in [0.29, 0.717) is 17.5 Å². The van der Waals surface area contributed by atoms with Gasteiger partial charge < -0.3 is 0 Å². The van der Waals surface area contributed by atoms with Crippen molar-refractivity contribution >= 4 is 28.8 Å². The van der Waals surface area contributed by atoms with Gasteiger partial charge in [0.2, 0.25) is 0 Å². The van der Waals surface area contributed by atoms with Crippen molar-refractivity contribution in [2.45, 2.75) is 0 Å². The van der Waals surface area contributed by atoms with Crippen molar-refractivity contribution < 1.29 is 0 Å². The first kappa shape index (κ1) is 32.6. The number of fused-ring (bicyclic) bond motifs is 3. The molecule has 0 amide bonds. The molecule has 10 rings (SSSR count). The summed E-state index contributed by atoms with van der Waals surface area (Å²) in [4.78, 5) is 15.8. The van der Waals surface area contributed by atoms with Gasteiger partial charge in [0, 0.05) is 16.7 Å². The minimum Gasteiger partial charge on any atom is -0.208 e. The summed E-state index contributed by atoms with van der Waals surface area (Å²) in [5.74, 6) is 1.93. The number of benzene rings is 8. The molecule has 0 atom stereocenters. The lowest BCUT2D eigenvalue weighted by Gasteiger charge is -2.31. The highest BCUT2D eigenvalue weighted by Gasteiger charge is 2.48. The Labute approximate surface area is 322 Å². The Balaban J connectivity index is 1.22. The van der Waals surface area contributed by atoms with Gasteiger partial charge in [-0.2, -0.15) is 0 Å². The smallest absolute Gasteiger partial charge is 0.180 e. The van der Waals surface area contributed by atoms with Crippen LogP contribution in [0.5, 0.6) is 0 Å². The molecule has 1 aliphatic heterocycles. The molecule has 0 saturated carbocycles. The van der Waals surface area contributed by atoms with Crippen LogP contribution >= 0.6 is 0 Å². The van der Waals surface area contributed by atoms with Crippen molar-refractivity contribution in [3.05, 3.63) is 212 Å². The van der Waals surface area contributed by atoms with Gasteiger partial charge in [-0.1, -0.05) is 200 Å². The molecule has 0 bridgehead atoms. The van der Waals surface area contributed by atoms with Crippen LogP contribution in [0.1, 0.15) is 0 Å². The van der Waals surface area contributed by atoms with E-state index < -0.39 is 8.07 Å². The molecule has 0 spiro atoms. The van der Waals surface area contributed by atoms with E-state index >= 15 is 0 Å². The van der Waals surface area contributed by atoms with E-state index in [2.05, 4.69) is 194 Å². The van der Waals surface area contributed by atoms with Crippen LogP contribution in [0, 0.1) is 0 Å². The number of hydrogen-bond donors (Lipinski definition) is 0. The third-order valence-corrected chi connectivity index (χ3v) is 15.7. The van der Waals surface area contributed by atoms with Crippen LogP contribution in [0.3, 0.4) is 0 Å². The van der Waals surface area contributed by atoms with Gasteiger partial charge in [0.1, 0.15) is 0 Å². The van der Waals surface area contributed by atoms with Crippen molar-refractivity contribution in [1.82, 2.24) is 15.0 Å². The first-order valence-corrected chi connectivity index (χ1v) is 20.7. The maximum Gasteiger partial charge on any atom is 0.180 e. The second-order valence-electron chi connectivity index (χ2n) is 14.0. The molecule has 4 heteroatoms. The molecule has 8 aromatic carbocycles. The molecule has 3 nitrogen and oxygen atoms in total. The minimum atomic E-state index is -2.71. The monoisotopic (exact) mass is 717 g/mol. The average Bonchev–Trinajstić information content (AvgIpc) is 3.58. The Bertz CT molecular complexity index is 2750. The Morgan fingerprint density at radius 1 is 0.255 bits per heavy atom. The molecule has 9 aromatic rings. The zero-order valence-corrected chi connectivity index (χ0v) is 31.0. The summed E-state index contributed by atoms with van der Waals surface area (Å²) in [6.07, 6.45) is 0. The van der Waals surface area contributed by atoms with E-state index in [1.165, 1.54) is 31.9 Å². The third-order valence-electron chi connectivity index (χ3n) is 10.8. The van der Waals surface area contributed by atoms with Crippen LogP contribution in [0.2, 0.25) is 0 Å². The Morgan fingerprint density at radius 2 is 0.709 bits per heavy atom. The molecule has 55 heavy (non-hydrogen) atoms. The lowest BCUT2D eigenvalue weighted by Crippen LogP contribution is -2.72. The molecule has 0 unspecified atom stereocenters. The summed E-state index contributed by atoms with van der Waals surface area (Å²) in [5, 5.41) is 5.48. The summed E-state index contributed by atoms with van der Waals surface area (Å²) < 4.78 is 0. The van der Waals surface area contributed by atoms with Gasteiger partial charge in [-0.25, -0.2) is 15.0 Å². The SMILES string of the molecule is c1ccc(-c2ccc(-c3nc(-c4ccccc4)nc(-c4ccc5c(c4)[Si](c4ccccc4)(c4ccccc4)c4ccccc4-5)n3)c(-c3ccccc3)c2)cc1. The first-order valence-electron chi connectivity index (χ1n) is 18.7. The Morgan fingerprint density at radius 3 is 1.35 bits per heavy atom. The van der Waals surface area contributed by atoms with Crippen molar-refractivity contribution in [2.24, 2.45) is 0 Å². The molecular weight excluding hydrogens is 683 g/mol. The molecular formula is C51H35N3Si. The number of aromatic nitrogens is 3. The molecule has 1 aromatic heterocycles. The zero-order chi connectivity index (χ0) is 36.6. The van der Waals surface area contributed by atoms with Gasteiger partial charge in [0.25, 0.3) is 0 Å². The lowest BCUT2D eigenvalue weighted by atomic mass is 9.94. The summed E-state index contributed by atoms with van der Waals surface area (Å²) >= 11 is 0. The zero-order valence-electron chi connectivity index (χ0n) is 30.0.